The van der Waals surface area contributed by atoms with E-state index in [0.717, 1.165) is 0 Å². The summed E-state index contributed by atoms with van der Waals surface area (Å²) in [5.74, 6) is -0.0940. The number of amides is 1. The molecule has 0 aromatic rings. The maximum absolute atomic E-state index is 11.7. The van der Waals surface area contributed by atoms with Crippen molar-refractivity contribution in [2.75, 3.05) is 6.54 Å². The van der Waals surface area contributed by atoms with Crippen LogP contribution in [0, 0.1) is 5.41 Å². The molecule has 1 heterocycles. The van der Waals surface area contributed by atoms with Crippen molar-refractivity contribution >= 4 is 5.91 Å². The van der Waals surface area contributed by atoms with E-state index in [0.29, 0.717) is 6.54 Å². The molecule has 2 N–H and O–H groups in total. The maximum atomic E-state index is 11.7. The van der Waals surface area contributed by atoms with E-state index in [4.69, 9.17) is 0 Å². The van der Waals surface area contributed by atoms with Crippen LogP contribution < -0.4 is 5.32 Å². The number of carbonyl (C=O) groups is 1. The Morgan fingerprint density at radius 1 is 1.62 bits per heavy atom. The van der Waals surface area contributed by atoms with Gasteiger partial charge in [-0.3, -0.25) is 15.0 Å². The van der Waals surface area contributed by atoms with Crippen LogP contribution in [0.3, 0.4) is 0 Å². The Bertz CT molecular complexity index is 230. The van der Waals surface area contributed by atoms with Gasteiger partial charge in [0, 0.05) is 18.2 Å². The highest BCUT2D eigenvalue weighted by atomic mass is 16.3. The average molecular weight is 184 g/mol. The Labute approximate surface area is 78.2 Å². The Morgan fingerprint density at radius 2 is 2.23 bits per heavy atom. The Hall–Kier alpha value is -0.870. The van der Waals surface area contributed by atoms with Crippen molar-refractivity contribution in [1.29, 1.82) is 0 Å². The zero-order valence-corrected chi connectivity index (χ0v) is 8.24. The molecule has 1 unspecified atom stereocenters. The third-order valence-corrected chi connectivity index (χ3v) is 1.82. The number of carbonyl (C=O) groups excluding carboxylic acids is 1. The molecule has 0 saturated carbocycles. The third-order valence-electron chi connectivity index (χ3n) is 1.82. The van der Waals surface area contributed by atoms with E-state index in [1.54, 1.807) is 12.3 Å². The van der Waals surface area contributed by atoms with Crippen molar-refractivity contribution < 1.29 is 9.90 Å². The first-order valence-electron chi connectivity index (χ1n) is 4.34. The first-order valence-corrected chi connectivity index (χ1v) is 4.34. The second-order valence-electron chi connectivity index (χ2n) is 4.13. The van der Waals surface area contributed by atoms with E-state index in [9.17, 15) is 9.90 Å². The number of aliphatic hydroxyl groups excluding tert-OH is 1. The molecule has 0 aromatic carbocycles. The minimum Gasteiger partial charge on any atom is -0.360 e. The molecular formula is C9H16N2O2. The van der Waals surface area contributed by atoms with Crippen LogP contribution in [-0.2, 0) is 4.79 Å². The Kier molecular flexibility index (Phi) is 2.73. The van der Waals surface area contributed by atoms with E-state index in [1.165, 1.54) is 4.90 Å². The highest BCUT2D eigenvalue weighted by molar-refractivity contribution is 5.82. The lowest BCUT2D eigenvalue weighted by Crippen LogP contribution is -2.51. The first-order chi connectivity index (χ1) is 5.93. The summed E-state index contributed by atoms with van der Waals surface area (Å²) in [5.41, 5.74) is -0.468. The fourth-order valence-electron chi connectivity index (χ4n) is 1.09. The molecule has 0 aliphatic carbocycles. The lowest BCUT2D eigenvalue weighted by molar-refractivity contribution is -0.147. The predicted octanol–water partition coefficient (Wildman–Crippen LogP) is 0.254. The van der Waals surface area contributed by atoms with Crippen molar-refractivity contribution in [2.45, 2.75) is 27.1 Å². The summed E-state index contributed by atoms with van der Waals surface area (Å²) >= 11 is 0. The molecule has 1 aliphatic heterocycles. The summed E-state index contributed by atoms with van der Waals surface area (Å²) in [6.45, 7) is 6.06. The van der Waals surface area contributed by atoms with Gasteiger partial charge >= 0.3 is 0 Å². The molecule has 1 atom stereocenters. The lowest BCUT2D eigenvalue weighted by Gasteiger charge is -2.32. The predicted molar refractivity (Wildman–Crippen MR) is 49.5 cm³/mol. The number of nitrogens with zero attached hydrogens (tertiary/aromatic N) is 1. The van der Waals surface area contributed by atoms with E-state index in [1.807, 2.05) is 20.8 Å². The SMILES string of the molecule is CC(C)(C)C(=O)N1C=CCNC1O. The maximum Gasteiger partial charge on any atom is 0.235 e. The molecule has 0 bridgehead atoms. The van der Waals surface area contributed by atoms with Crippen LogP contribution in [0.4, 0.5) is 0 Å². The number of hydrogen-bond acceptors (Lipinski definition) is 3. The van der Waals surface area contributed by atoms with Crippen molar-refractivity contribution in [1.82, 2.24) is 10.2 Å². The Morgan fingerprint density at radius 3 is 2.69 bits per heavy atom. The van der Waals surface area contributed by atoms with Gasteiger partial charge in [-0.25, -0.2) is 0 Å². The summed E-state index contributed by atoms with van der Waals surface area (Å²) < 4.78 is 0. The minimum atomic E-state index is -0.892. The second kappa shape index (κ2) is 3.47. The first kappa shape index (κ1) is 10.2. The van der Waals surface area contributed by atoms with E-state index < -0.39 is 11.8 Å². The molecule has 0 aromatic heterocycles. The third kappa shape index (κ3) is 2.29. The number of nitrogens with one attached hydrogen (secondary N) is 1. The van der Waals surface area contributed by atoms with Crippen molar-refractivity contribution in [3.8, 4) is 0 Å². The van der Waals surface area contributed by atoms with Gasteiger partial charge in [-0.15, -0.1) is 0 Å². The van der Waals surface area contributed by atoms with Gasteiger partial charge in [-0.2, -0.15) is 0 Å². The molecule has 13 heavy (non-hydrogen) atoms. The molecule has 0 spiro atoms. The Balaban J connectivity index is 2.76. The lowest BCUT2D eigenvalue weighted by atomic mass is 9.95. The van der Waals surface area contributed by atoms with Gasteiger partial charge in [0.05, 0.1) is 0 Å². The van der Waals surface area contributed by atoms with Gasteiger partial charge in [0.2, 0.25) is 5.91 Å². The van der Waals surface area contributed by atoms with Crippen molar-refractivity contribution in [3.63, 3.8) is 0 Å². The molecule has 1 aliphatic rings. The molecule has 4 heteroatoms. The van der Waals surface area contributed by atoms with Gasteiger partial charge in [0.15, 0.2) is 6.35 Å². The number of rotatable bonds is 0. The summed E-state index contributed by atoms with van der Waals surface area (Å²) in [5, 5.41) is 12.2. The van der Waals surface area contributed by atoms with Crippen LogP contribution in [-0.4, -0.2) is 28.8 Å². The second-order valence-corrected chi connectivity index (χ2v) is 4.13. The van der Waals surface area contributed by atoms with Crippen LogP contribution in [0.1, 0.15) is 20.8 Å². The zero-order valence-electron chi connectivity index (χ0n) is 8.24. The highest BCUT2D eigenvalue weighted by Crippen LogP contribution is 2.19. The monoisotopic (exact) mass is 184 g/mol. The van der Waals surface area contributed by atoms with Gasteiger partial charge in [-0.1, -0.05) is 26.8 Å². The van der Waals surface area contributed by atoms with Crippen LogP contribution in [0.25, 0.3) is 0 Å². The van der Waals surface area contributed by atoms with E-state index >= 15 is 0 Å². The number of aliphatic hydroxyl groups is 1. The van der Waals surface area contributed by atoms with Gasteiger partial charge < -0.3 is 5.11 Å². The quantitative estimate of drug-likeness (QED) is 0.567. The van der Waals surface area contributed by atoms with Crippen LogP contribution in [0.2, 0.25) is 0 Å². The molecule has 0 saturated heterocycles. The molecule has 0 radical (unpaired) electrons. The fraction of sp³-hybridized carbons (Fsp3) is 0.667. The summed E-state index contributed by atoms with van der Waals surface area (Å²) in [4.78, 5) is 13.0. The van der Waals surface area contributed by atoms with Gasteiger partial charge in [0.1, 0.15) is 0 Å². The summed E-state index contributed by atoms with van der Waals surface area (Å²) in [6.07, 6.45) is 2.53. The summed E-state index contributed by atoms with van der Waals surface area (Å²) in [7, 11) is 0. The van der Waals surface area contributed by atoms with Gasteiger partial charge in [0.25, 0.3) is 0 Å². The summed E-state index contributed by atoms with van der Waals surface area (Å²) in [6, 6.07) is 0. The molecule has 4 nitrogen and oxygen atoms in total. The molecule has 1 rings (SSSR count). The number of hydrogen-bond donors (Lipinski definition) is 2. The standard InChI is InChI=1S/C9H16N2O2/c1-9(2,3)7(12)11-6-4-5-10-8(11)13/h4,6,8,10,13H,5H2,1-3H3. The van der Waals surface area contributed by atoms with Crippen molar-refractivity contribution in [2.24, 2.45) is 5.41 Å². The normalized spacial score (nSPS) is 23.4. The highest BCUT2D eigenvalue weighted by Gasteiger charge is 2.30. The zero-order chi connectivity index (χ0) is 10.1. The minimum absolute atomic E-state index is 0.0940. The van der Waals surface area contributed by atoms with Gasteiger partial charge in [-0.05, 0) is 0 Å². The largest absolute Gasteiger partial charge is 0.360 e. The van der Waals surface area contributed by atoms with Crippen molar-refractivity contribution in [3.05, 3.63) is 12.3 Å². The molecule has 74 valence electrons. The fourth-order valence-corrected chi connectivity index (χ4v) is 1.09. The molecule has 1 amide bonds. The van der Waals surface area contributed by atoms with E-state index in [-0.39, 0.29) is 5.91 Å². The average Bonchev–Trinajstić information content (AvgIpc) is 2.02. The van der Waals surface area contributed by atoms with Crippen LogP contribution in [0.5, 0.6) is 0 Å². The smallest absolute Gasteiger partial charge is 0.235 e. The topological polar surface area (TPSA) is 52.6 Å². The van der Waals surface area contributed by atoms with Crippen LogP contribution in [0.15, 0.2) is 12.3 Å². The van der Waals surface area contributed by atoms with Crippen LogP contribution >= 0.6 is 0 Å². The molecular weight excluding hydrogens is 168 g/mol. The molecule has 0 fully saturated rings. The van der Waals surface area contributed by atoms with E-state index in [2.05, 4.69) is 5.32 Å².